The van der Waals surface area contributed by atoms with E-state index in [1.165, 1.54) is 11.3 Å². The first-order valence-electron chi connectivity index (χ1n) is 7.21. The SMILES string of the molecule is N#C/C(=C\C=Cc1ccccc1)c1nc(-c2ccccc2)cs1. The molecule has 0 N–H and O–H groups in total. The van der Waals surface area contributed by atoms with Gasteiger partial charge in [0.15, 0.2) is 0 Å². The van der Waals surface area contributed by atoms with E-state index in [2.05, 4.69) is 11.1 Å². The first-order valence-corrected chi connectivity index (χ1v) is 8.09. The Kier molecular flexibility index (Phi) is 4.78. The predicted octanol–water partition coefficient (Wildman–Crippen LogP) is 5.43. The summed E-state index contributed by atoms with van der Waals surface area (Å²) in [5, 5.41) is 12.1. The Hall–Kier alpha value is -2.96. The van der Waals surface area contributed by atoms with E-state index in [0.29, 0.717) is 5.57 Å². The van der Waals surface area contributed by atoms with Crippen molar-refractivity contribution in [2.45, 2.75) is 0 Å². The molecule has 3 aromatic rings. The Bertz CT molecular complexity index is 869. The molecule has 0 radical (unpaired) electrons. The highest BCUT2D eigenvalue weighted by Gasteiger charge is 2.07. The largest absolute Gasteiger partial charge is 0.235 e. The van der Waals surface area contributed by atoms with Crippen molar-refractivity contribution >= 4 is 23.0 Å². The zero-order valence-electron chi connectivity index (χ0n) is 12.4. The van der Waals surface area contributed by atoms with E-state index in [1.807, 2.05) is 78.2 Å². The van der Waals surface area contributed by atoms with Gasteiger partial charge >= 0.3 is 0 Å². The van der Waals surface area contributed by atoms with Gasteiger partial charge in [-0.25, -0.2) is 4.98 Å². The molecule has 1 heterocycles. The van der Waals surface area contributed by atoms with Crippen molar-refractivity contribution in [1.29, 1.82) is 5.26 Å². The quantitative estimate of drug-likeness (QED) is 0.475. The molecular formula is C20H14N2S. The lowest BCUT2D eigenvalue weighted by Gasteiger charge is -1.94. The fourth-order valence-electron chi connectivity index (χ4n) is 2.11. The van der Waals surface area contributed by atoms with Crippen LogP contribution in [0, 0.1) is 11.3 Å². The van der Waals surface area contributed by atoms with Crippen LogP contribution >= 0.6 is 11.3 Å². The fourth-order valence-corrected chi connectivity index (χ4v) is 2.92. The second kappa shape index (κ2) is 7.35. The first-order chi connectivity index (χ1) is 11.4. The van der Waals surface area contributed by atoms with Gasteiger partial charge in [-0.1, -0.05) is 72.8 Å². The molecule has 0 unspecified atom stereocenters. The number of rotatable bonds is 4. The number of nitriles is 1. The Balaban J connectivity index is 1.82. The summed E-state index contributed by atoms with van der Waals surface area (Å²) < 4.78 is 0. The molecule has 0 fully saturated rings. The molecule has 0 aliphatic rings. The molecule has 3 heteroatoms. The Labute approximate surface area is 139 Å². The Morgan fingerprint density at radius 3 is 2.39 bits per heavy atom. The van der Waals surface area contributed by atoms with Gasteiger partial charge < -0.3 is 0 Å². The number of thiazole rings is 1. The molecule has 0 saturated heterocycles. The highest BCUT2D eigenvalue weighted by Crippen LogP contribution is 2.25. The van der Waals surface area contributed by atoms with Gasteiger partial charge in [0.25, 0.3) is 0 Å². The number of allylic oxidation sites excluding steroid dienone is 3. The normalized spacial score (nSPS) is 11.5. The smallest absolute Gasteiger partial charge is 0.134 e. The minimum absolute atomic E-state index is 0.573. The van der Waals surface area contributed by atoms with Crippen LogP contribution < -0.4 is 0 Å². The number of nitrogens with zero attached hydrogens (tertiary/aromatic N) is 2. The minimum Gasteiger partial charge on any atom is -0.235 e. The van der Waals surface area contributed by atoms with Gasteiger partial charge in [-0.15, -0.1) is 11.3 Å². The van der Waals surface area contributed by atoms with Crippen molar-refractivity contribution in [3.05, 3.63) is 88.8 Å². The molecule has 0 spiro atoms. The standard InChI is InChI=1S/C20H14N2S/c21-14-18(13-7-10-16-8-3-1-4-9-16)20-22-19(15-23-20)17-11-5-2-6-12-17/h1-13,15H/b10-7?,18-13+. The third kappa shape index (κ3) is 3.82. The number of aromatic nitrogens is 1. The van der Waals surface area contributed by atoms with Crippen LogP contribution in [0.15, 0.2) is 78.2 Å². The summed E-state index contributed by atoms with van der Waals surface area (Å²) in [6, 6.07) is 22.2. The lowest BCUT2D eigenvalue weighted by molar-refractivity contribution is 1.37. The molecule has 1 aromatic heterocycles. The average Bonchev–Trinajstić information content (AvgIpc) is 3.10. The van der Waals surface area contributed by atoms with Crippen molar-refractivity contribution in [1.82, 2.24) is 4.98 Å². The van der Waals surface area contributed by atoms with E-state index in [1.54, 1.807) is 6.08 Å². The van der Waals surface area contributed by atoms with E-state index in [0.717, 1.165) is 21.8 Å². The summed E-state index contributed by atoms with van der Waals surface area (Å²) in [6.45, 7) is 0. The molecule has 0 bridgehead atoms. The van der Waals surface area contributed by atoms with Crippen molar-refractivity contribution < 1.29 is 0 Å². The molecule has 0 aliphatic carbocycles. The van der Waals surface area contributed by atoms with Crippen LogP contribution in [0.25, 0.3) is 22.9 Å². The lowest BCUT2D eigenvalue weighted by atomic mass is 10.2. The van der Waals surface area contributed by atoms with Gasteiger partial charge in [0.05, 0.1) is 11.3 Å². The van der Waals surface area contributed by atoms with Crippen molar-refractivity contribution in [3.63, 3.8) is 0 Å². The maximum absolute atomic E-state index is 9.37. The average molecular weight is 314 g/mol. The van der Waals surface area contributed by atoms with E-state index in [4.69, 9.17) is 0 Å². The zero-order chi connectivity index (χ0) is 15.9. The van der Waals surface area contributed by atoms with E-state index in [9.17, 15) is 5.26 Å². The number of hydrogen-bond acceptors (Lipinski definition) is 3. The van der Waals surface area contributed by atoms with Crippen LogP contribution in [0.5, 0.6) is 0 Å². The Morgan fingerprint density at radius 2 is 1.70 bits per heavy atom. The lowest BCUT2D eigenvalue weighted by Crippen LogP contribution is -1.81. The molecular weight excluding hydrogens is 300 g/mol. The van der Waals surface area contributed by atoms with Gasteiger partial charge in [0, 0.05) is 10.9 Å². The molecule has 0 amide bonds. The van der Waals surface area contributed by atoms with Gasteiger partial charge in [-0.2, -0.15) is 5.26 Å². The van der Waals surface area contributed by atoms with Crippen LogP contribution in [0.1, 0.15) is 10.6 Å². The molecule has 3 rings (SSSR count). The highest BCUT2D eigenvalue weighted by molar-refractivity contribution is 7.11. The third-order valence-electron chi connectivity index (χ3n) is 3.28. The summed E-state index contributed by atoms with van der Waals surface area (Å²) in [4.78, 5) is 4.57. The third-order valence-corrected chi connectivity index (χ3v) is 4.15. The van der Waals surface area contributed by atoms with E-state index in [-0.39, 0.29) is 0 Å². The summed E-state index contributed by atoms with van der Waals surface area (Å²) in [6.07, 6.45) is 5.67. The van der Waals surface area contributed by atoms with Crippen LogP contribution in [-0.2, 0) is 0 Å². The fraction of sp³-hybridized carbons (Fsp3) is 0. The van der Waals surface area contributed by atoms with Crippen molar-refractivity contribution in [2.24, 2.45) is 0 Å². The van der Waals surface area contributed by atoms with Crippen LogP contribution in [0.3, 0.4) is 0 Å². The van der Waals surface area contributed by atoms with Gasteiger partial charge in [0.2, 0.25) is 0 Å². The summed E-state index contributed by atoms with van der Waals surface area (Å²) in [5.74, 6) is 0. The highest BCUT2D eigenvalue weighted by atomic mass is 32.1. The van der Waals surface area contributed by atoms with Gasteiger partial charge in [0.1, 0.15) is 11.1 Å². The van der Waals surface area contributed by atoms with Crippen LogP contribution in [0.2, 0.25) is 0 Å². The molecule has 0 atom stereocenters. The van der Waals surface area contributed by atoms with Gasteiger partial charge in [-0.3, -0.25) is 0 Å². The second-order valence-electron chi connectivity index (χ2n) is 4.87. The molecule has 2 aromatic carbocycles. The van der Waals surface area contributed by atoms with Gasteiger partial charge in [-0.05, 0) is 11.6 Å². The number of benzene rings is 2. The topological polar surface area (TPSA) is 36.7 Å². The molecule has 0 aliphatic heterocycles. The summed E-state index contributed by atoms with van der Waals surface area (Å²) >= 11 is 1.49. The monoisotopic (exact) mass is 314 g/mol. The summed E-state index contributed by atoms with van der Waals surface area (Å²) in [5.41, 5.74) is 3.64. The molecule has 2 nitrogen and oxygen atoms in total. The predicted molar refractivity (Wildman–Crippen MR) is 96.6 cm³/mol. The first kappa shape index (κ1) is 15.0. The zero-order valence-corrected chi connectivity index (χ0v) is 13.2. The Morgan fingerprint density at radius 1 is 1.00 bits per heavy atom. The van der Waals surface area contributed by atoms with E-state index >= 15 is 0 Å². The molecule has 0 saturated carbocycles. The summed E-state index contributed by atoms with van der Waals surface area (Å²) in [7, 11) is 0. The molecule has 23 heavy (non-hydrogen) atoms. The second-order valence-corrected chi connectivity index (χ2v) is 5.72. The van der Waals surface area contributed by atoms with Crippen molar-refractivity contribution in [2.75, 3.05) is 0 Å². The number of hydrogen-bond donors (Lipinski definition) is 0. The van der Waals surface area contributed by atoms with Crippen molar-refractivity contribution in [3.8, 4) is 17.3 Å². The maximum Gasteiger partial charge on any atom is 0.134 e. The molecule has 110 valence electrons. The van der Waals surface area contributed by atoms with Crippen LogP contribution in [-0.4, -0.2) is 4.98 Å². The van der Waals surface area contributed by atoms with E-state index < -0.39 is 0 Å². The maximum atomic E-state index is 9.37. The van der Waals surface area contributed by atoms with Crippen LogP contribution in [0.4, 0.5) is 0 Å². The minimum atomic E-state index is 0.573.